The molecule has 1 aliphatic rings. The van der Waals surface area contributed by atoms with Crippen molar-refractivity contribution in [2.75, 3.05) is 13.7 Å². The van der Waals surface area contributed by atoms with Gasteiger partial charge in [0.2, 0.25) is 0 Å². The number of benzene rings is 1. The monoisotopic (exact) mass is 262 g/mol. The fraction of sp³-hybridized carbons (Fsp3) is 0.500. The predicted molar refractivity (Wildman–Crippen MR) is 75.6 cm³/mol. The van der Waals surface area contributed by atoms with Crippen molar-refractivity contribution < 1.29 is 14.6 Å². The van der Waals surface area contributed by atoms with Crippen LogP contribution in [0, 0.1) is 5.92 Å². The second kappa shape index (κ2) is 5.66. The molecule has 0 fully saturated rings. The highest BCUT2D eigenvalue weighted by atomic mass is 16.5. The van der Waals surface area contributed by atoms with E-state index in [4.69, 9.17) is 9.47 Å². The van der Waals surface area contributed by atoms with E-state index >= 15 is 0 Å². The zero-order valence-corrected chi connectivity index (χ0v) is 11.8. The molecule has 2 unspecified atom stereocenters. The summed E-state index contributed by atoms with van der Waals surface area (Å²) >= 11 is 0. The van der Waals surface area contributed by atoms with Crippen LogP contribution in [-0.2, 0) is 0 Å². The first-order valence-corrected chi connectivity index (χ1v) is 6.69. The zero-order chi connectivity index (χ0) is 13.9. The van der Waals surface area contributed by atoms with Gasteiger partial charge in [0.15, 0.2) is 0 Å². The molecule has 1 N–H and O–H groups in total. The Morgan fingerprint density at radius 1 is 1.26 bits per heavy atom. The summed E-state index contributed by atoms with van der Waals surface area (Å²) in [5.74, 6) is 1.67. The lowest BCUT2D eigenvalue weighted by Gasteiger charge is -2.36. The van der Waals surface area contributed by atoms with E-state index in [-0.39, 0.29) is 5.92 Å². The molecule has 1 aliphatic carbocycles. The van der Waals surface area contributed by atoms with Crippen LogP contribution in [0.4, 0.5) is 0 Å². The Labute approximate surface area is 114 Å². The SMILES string of the molecule is COc1ccc(OCC2C(C)=CCCC2(C)O)cc1. The maximum absolute atomic E-state index is 10.4. The number of rotatable bonds is 4. The minimum atomic E-state index is -0.675. The molecule has 0 amide bonds. The van der Waals surface area contributed by atoms with Crippen molar-refractivity contribution in [1.29, 1.82) is 0 Å². The van der Waals surface area contributed by atoms with Gasteiger partial charge in [-0.25, -0.2) is 0 Å². The van der Waals surface area contributed by atoms with Crippen LogP contribution < -0.4 is 9.47 Å². The van der Waals surface area contributed by atoms with Gasteiger partial charge in [0.1, 0.15) is 11.5 Å². The fourth-order valence-electron chi connectivity index (χ4n) is 2.56. The van der Waals surface area contributed by atoms with Crippen LogP contribution >= 0.6 is 0 Å². The van der Waals surface area contributed by atoms with Crippen LogP contribution in [0.25, 0.3) is 0 Å². The summed E-state index contributed by atoms with van der Waals surface area (Å²) in [5, 5.41) is 10.4. The van der Waals surface area contributed by atoms with Gasteiger partial charge in [-0.05, 0) is 51.0 Å². The maximum Gasteiger partial charge on any atom is 0.119 e. The lowest BCUT2D eigenvalue weighted by Crippen LogP contribution is -2.40. The van der Waals surface area contributed by atoms with E-state index in [0.29, 0.717) is 6.61 Å². The lowest BCUT2D eigenvalue weighted by atomic mass is 9.77. The third kappa shape index (κ3) is 3.29. The molecule has 3 nitrogen and oxygen atoms in total. The first kappa shape index (κ1) is 13.9. The zero-order valence-electron chi connectivity index (χ0n) is 11.8. The number of methoxy groups -OCH3 is 1. The lowest BCUT2D eigenvalue weighted by molar-refractivity contribution is -0.0158. The quantitative estimate of drug-likeness (QED) is 0.847. The summed E-state index contributed by atoms with van der Waals surface area (Å²) < 4.78 is 10.9. The predicted octanol–water partition coefficient (Wildman–Crippen LogP) is 3.18. The molecule has 1 aromatic rings. The van der Waals surface area contributed by atoms with Crippen molar-refractivity contribution in [3.05, 3.63) is 35.9 Å². The molecular formula is C16H22O3. The normalized spacial score (nSPS) is 26.7. The largest absolute Gasteiger partial charge is 0.497 e. The third-order valence-corrected chi connectivity index (χ3v) is 3.89. The molecule has 0 heterocycles. The molecule has 104 valence electrons. The molecule has 0 saturated heterocycles. The smallest absolute Gasteiger partial charge is 0.119 e. The van der Waals surface area contributed by atoms with Gasteiger partial charge in [-0.3, -0.25) is 0 Å². The van der Waals surface area contributed by atoms with Gasteiger partial charge >= 0.3 is 0 Å². The molecule has 2 atom stereocenters. The highest BCUT2D eigenvalue weighted by Gasteiger charge is 2.35. The Bertz CT molecular complexity index is 446. The van der Waals surface area contributed by atoms with Crippen molar-refractivity contribution >= 4 is 0 Å². The van der Waals surface area contributed by atoms with Crippen molar-refractivity contribution in [3.63, 3.8) is 0 Å². The van der Waals surface area contributed by atoms with Gasteiger partial charge in [0.25, 0.3) is 0 Å². The molecule has 0 aromatic heterocycles. The van der Waals surface area contributed by atoms with E-state index in [0.717, 1.165) is 24.3 Å². The molecule has 3 heteroatoms. The second-order valence-corrected chi connectivity index (χ2v) is 5.38. The molecule has 19 heavy (non-hydrogen) atoms. The first-order valence-electron chi connectivity index (χ1n) is 6.69. The standard InChI is InChI=1S/C16H22O3/c1-12-5-4-10-16(2,17)15(12)11-19-14-8-6-13(18-3)7-9-14/h5-9,15,17H,4,10-11H2,1-3H3. The Hall–Kier alpha value is -1.48. The van der Waals surface area contributed by atoms with Gasteiger partial charge in [-0.2, -0.15) is 0 Å². The topological polar surface area (TPSA) is 38.7 Å². The molecule has 0 bridgehead atoms. The van der Waals surface area contributed by atoms with Crippen molar-refractivity contribution in [1.82, 2.24) is 0 Å². The number of aliphatic hydroxyl groups is 1. The van der Waals surface area contributed by atoms with Crippen LogP contribution in [0.2, 0.25) is 0 Å². The molecule has 0 aliphatic heterocycles. The van der Waals surface area contributed by atoms with Crippen LogP contribution in [0.15, 0.2) is 35.9 Å². The van der Waals surface area contributed by atoms with Crippen molar-refractivity contribution in [3.8, 4) is 11.5 Å². The highest BCUT2D eigenvalue weighted by Crippen LogP contribution is 2.34. The summed E-state index contributed by atoms with van der Waals surface area (Å²) in [6, 6.07) is 7.51. The van der Waals surface area contributed by atoms with Gasteiger partial charge < -0.3 is 14.6 Å². The van der Waals surface area contributed by atoms with E-state index in [1.165, 1.54) is 5.57 Å². The fourth-order valence-corrected chi connectivity index (χ4v) is 2.56. The van der Waals surface area contributed by atoms with Gasteiger partial charge in [-0.15, -0.1) is 0 Å². The molecule has 0 radical (unpaired) electrons. The number of hydrogen-bond donors (Lipinski definition) is 1. The summed E-state index contributed by atoms with van der Waals surface area (Å²) in [5.41, 5.74) is 0.537. The number of hydrogen-bond acceptors (Lipinski definition) is 3. The summed E-state index contributed by atoms with van der Waals surface area (Å²) in [7, 11) is 1.64. The summed E-state index contributed by atoms with van der Waals surface area (Å²) in [6.07, 6.45) is 3.93. The van der Waals surface area contributed by atoms with Gasteiger partial charge in [0, 0.05) is 5.92 Å². The van der Waals surface area contributed by atoms with E-state index in [9.17, 15) is 5.11 Å². The van der Waals surface area contributed by atoms with E-state index in [2.05, 4.69) is 13.0 Å². The molecule has 0 saturated carbocycles. The molecule has 2 rings (SSSR count). The van der Waals surface area contributed by atoms with Crippen molar-refractivity contribution in [2.45, 2.75) is 32.3 Å². The second-order valence-electron chi connectivity index (χ2n) is 5.38. The Morgan fingerprint density at radius 2 is 1.89 bits per heavy atom. The highest BCUT2D eigenvalue weighted by molar-refractivity contribution is 5.31. The minimum absolute atomic E-state index is 0.0587. The first-order chi connectivity index (χ1) is 9.03. The number of allylic oxidation sites excluding steroid dienone is 1. The van der Waals surface area contributed by atoms with E-state index < -0.39 is 5.60 Å². The molecule has 1 aromatic carbocycles. The Kier molecular flexibility index (Phi) is 4.15. The Morgan fingerprint density at radius 3 is 2.47 bits per heavy atom. The maximum atomic E-state index is 10.4. The van der Waals surface area contributed by atoms with E-state index in [1.54, 1.807) is 7.11 Å². The average Bonchev–Trinajstić information content (AvgIpc) is 2.38. The van der Waals surface area contributed by atoms with Crippen LogP contribution in [0.5, 0.6) is 11.5 Å². The minimum Gasteiger partial charge on any atom is -0.497 e. The molecular weight excluding hydrogens is 240 g/mol. The van der Waals surface area contributed by atoms with E-state index in [1.807, 2.05) is 31.2 Å². The van der Waals surface area contributed by atoms with Gasteiger partial charge in [0.05, 0.1) is 19.3 Å². The molecule has 0 spiro atoms. The summed E-state index contributed by atoms with van der Waals surface area (Å²) in [6.45, 7) is 4.46. The Balaban J connectivity index is 2.00. The average molecular weight is 262 g/mol. The number of ether oxygens (including phenoxy) is 2. The summed E-state index contributed by atoms with van der Waals surface area (Å²) in [4.78, 5) is 0. The third-order valence-electron chi connectivity index (χ3n) is 3.89. The van der Waals surface area contributed by atoms with Crippen LogP contribution in [-0.4, -0.2) is 24.4 Å². The van der Waals surface area contributed by atoms with Crippen molar-refractivity contribution in [2.24, 2.45) is 5.92 Å². The van der Waals surface area contributed by atoms with Crippen LogP contribution in [0.3, 0.4) is 0 Å². The van der Waals surface area contributed by atoms with Gasteiger partial charge in [-0.1, -0.05) is 11.6 Å². The van der Waals surface area contributed by atoms with Crippen LogP contribution in [0.1, 0.15) is 26.7 Å².